The summed E-state index contributed by atoms with van der Waals surface area (Å²) in [6, 6.07) is 11.4. The van der Waals surface area contributed by atoms with Gasteiger partial charge in [-0.05, 0) is 6.42 Å². The number of carbonyl (C=O) groups excluding carboxylic acids is 1. The molecule has 0 spiro atoms. The van der Waals surface area contributed by atoms with E-state index in [0.717, 1.165) is 0 Å². The van der Waals surface area contributed by atoms with Gasteiger partial charge in [0.25, 0.3) is 11.1 Å². The summed E-state index contributed by atoms with van der Waals surface area (Å²) in [5.74, 6) is 0.0342. The molecule has 2 aromatic rings. The molecule has 0 atom stereocenters. The number of benzene rings is 1. The zero-order valence-electron chi connectivity index (χ0n) is 10.3. The van der Waals surface area contributed by atoms with Gasteiger partial charge in [0.2, 0.25) is 0 Å². The Labute approximate surface area is 109 Å². The molecule has 0 bridgehead atoms. The first-order chi connectivity index (χ1) is 9.16. The molecule has 2 rings (SSSR count). The van der Waals surface area contributed by atoms with E-state index in [1.165, 1.54) is 16.8 Å². The van der Waals surface area contributed by atoms with Gasteiger partial charge in [0.1, 0.15) is 0 Å². The largest absolute Gasteiger partial charge is 0.294 e. The zero-order valence-corrected chi connectivity index (χ0v) is 10.3. The van der Waals surface area contributed by atoms with Gasteiger partial charge in [-0.15, -0.1) is 0 Å². The van der Waals surface area contributed by atoms with E-state index < -0.39 is 0 Å². The summed E-state index contributed by atoms with van der Waals surface area (Å²) in [7, 11) is 0. The number of Topliss-reactive ketones (excluding diaryl/α,β-unsaturated/α-hetero) is 1. The fraction of sp³-hybridized carbons (Fsp3) is 0.214. The van der Waals surface area contributed by atoms with Crippen LogP contribution in [0.1, 0.15) is 23.2 Å². The Kier molecular flexibility index (Phi) is 4.07. The maximum atomic E-state index is 11.8. The van der Waals surface area contributed by atoms with Crippen molar-refractivity contribution >= 4 is 5.78 Å². The van der Waals surface area contributed by atoms with E-state index in [1.54, 1.807) is 12.1 Å². The number of nitrogens with one attached hydrogen (secondary N) is 1. The van der Waals surface area contributed by atoms with Crippen molar-refractivity contribution in [2.24, 2.45) is 0 Å². The second-order valence-electron chi connectivity index (χ2n) is 4.19. The summed E-state index contributed by atoms with van der Waals surface area (Å²) in [5.41, 5.74) is 0.0668. The maximum Gasteiger partial charge on any atom is 0.265 e. The maximum absolute atomic E-state index is 11.8. The molecule has 0 aliphatic rings. The van der Waals surface area contributed by atoms with Gasteiger partial charge in [-0.2, -0.15) is 0 Å². The topological polar surface area (TPSA) is 71.9 Å². The molecule has 0 amide bonds. The summed E-state index contributed by atoms with van der Waals surface area (Å²) in [6.45, 7) is 0.327. The Morgan fingerprint density at radius 3 is 2.53 bits per heavy atom. The molecule has 0 unspecified atom stereocenters. The van der Waals surface area contributed by atoms with E-state index in [4.69, 9.17) is 0 Å². The van der Waals surface area contributed by atoms with Crippen LogP contribution in [0.3, 0.4) is 0 Å². The highest BCUT2D eigenvalue weighted by molar-refractivity contribution is 5.95. The minimum absolute atomic E-state index is 0.0342. The fourth-order valence-corrected chi connectivity index (χ4v) is 1.79. The van der Waals surface area contributed by atoms with E-state index in [1.807, 2.05) is 18.2 Å². The first-order valence-corrected chi connectivity index (χ1v) is 6.05. The van der Waals surface area contributed by atoms with Crippen LogP contribution in [-0.2, 0) is 6.54 Å². The predicted octanol–water partition coefficient (Wildman–Crippen LogP) is 1.20. The van der Waals surface area contributed by atoms with Crippen LogP contribution in [0.25, 0.3) is 0 Å². The molecular formula is C14H14N2O3. The van der Waals surface area contributed by atoms with E-state index in [0.29, 0.717) is 24.9 Å². The summed E-state index contributed by atoms with van der Waals surface area (Å²) in [6.07, 6.45) is 0.848. The van der Waals surface area contributed by atoms with E-state index in [9.17, 15) is 14.4 Å². The number of hydrogen-bond acceptors (Lipinski definition) is 3. The number of aryl methyl sites for hydroxylation is 1. The first-order valence-electron chi connectivity index (χ1n) is 6.05. The van der Waals surface area contributed by atoms with Crippen molar-refractivity contribution in [1.29, 1.82) is 0 Å². The number of nitrogens with zero attached hydrogens (tertiary/aromatic N) is 1. The lowest BCUT2D eigenvalue weighted by atomic mass is 10.1. The van der Waals surface area contributed by atoms with Gasteiger partial charge in [0, 0.05) is 30.7 Å². The van der Waals surface area contributed by atoms with Crippen LogP contribution in [-0.4, -0.2) is 15.6 Å². The lowest BCUT2D eigenvalue weighted by Gasteiger charge is -2.04. The molecule has 5 heteroatoms. The van der Waals surface area contributed by atoms with Crippen LogP contribution in [0.4, 0.5) is 0 Å². The lowest BCUT2D eigenvalue weighted by molar-refractivity contribution is 0.0978. The molecule has 5 nitrogen and oxygen atoms in total. The average molecular weight is 258 g/mol. The van der Waals surface area contributed by atoms with Crippen molar-refractivity contribution in [3.8, 4) is 0 Å². The van der Waals surface area contributed by atoms with E-state index in [2.05, 4.69) is 5.10 Å². The molecule has 0 saturated carbocycles. The van der Waals surface area contributed by atoms with Crippen molar-refractivity contribution in [3.63, 3.8) is 0 Å². The molecule has 0 aliphatic carbocycles. The zero-order chi connectivity index (χ0) is 13.7. The van der Waals surface area contributed by atoms with Crippen LogP contribution in [0, 0.1) is 0 Å². The smallest absolute Gasteiger partial charge is 0.265 e. The summed E-state index contributed by atoms with van der Waals surface area (Å²) >= 11 is 0. The normalized spacial score (nSPS) is 10.3. The molecule has 0 radical (unpaired) electrons. The van der Waals surface area contributed by atoms with Crippen LogP contribution in [0.2, 0.25) is 0 Å². The van der Waals surface area contributed by atoms with Gasteiger partial charge in [-0.3, -0.25) is 24.2 Å². The van der Waals surface area contributed by atoms with Gasteiger partial charge in [0.05, 0.1) is 0 Å². The Morgan fingerprint density at radius 2 is 1.79 bits per heavy atom. The SMILES string of the molecule is O=C(CCCn1[nH]c(=O)ccc1=O)c1ccccc1. The van der Waals surface area contributed by atoms with Gasteiger partial charge in [-0.1, -0.05) is 30.3 Å². The number of hydrogen-bond donors (Lipinski definition) is 1. The second kappa shape index (κ2) is 5.95. The Morgan fingerprint density at radius 1 is 1.05 bits per heavy atom. The monoisotopic (exact) mass is 258 g/mol. The molecule has 1 N–H and O–H groups in total. The predicted molar refractivity (Wildman–Crippen MR) is 71.3 cm³/mol. The molecule has 0 aliphatic heterocycles. The van der Waals surface area contributed by atoms with Crippen LogP contribution >= 0.6 is 0 Å². The highest BCUT2D eigenvalue weighted by atomic mass is 16.2. The summed E-state index contributed by atoms with van der Waals surface area (Å²) in [5, 5.41) is 2.43. The molecule has 98 valence electrons. The standard InChI is InChI=1S/C14H14N2O3/c17-12(11-5-2-1-3-6-11)7-4-10-16-14(19)9-8-13(18)15-16/h1-3,5-6,8-9H,4,7,10H2,(H,15,18). The molecule has 19 heavy (non-hydrogen) atoms. The number of aromatic amines is 1. The molecule has 1 aromatic carbocycles. The van der Waals surface area contributed by atoms with Gasteiger partial charge < -0.3 is 0 Å². The van der Waals surface area contributed by atoms with E-state index >= 15 is 0 Å². The van der Waals surface area contributed by atoms with Crippen molar-refractivity contribution in [1.82, 2.24) is 9.78 Å². The van der Waals surface area contributed by atoms with Gasteiger partial charge >= 0.3 is 0 Å². The van der Waals surface area contributed by atoms with Gasteiger partial charge in [0.15, 0.2) is 5.78 Å². The summed E-state index contributed by atoms with van der Waals surface area (Å²) in [4.78, 5) is 34.3. The molecule has 1 heterocycles. The minimum atomic E-state index is -0.325. The average Bonchev–Trinajstić information content (AvgIpc) is 2.43. The van der Waals surface area contributed by atoms with Crippen LogP contribution < -0.4 is 11.1 Å². The highest BCUT2D eigenvalue weighted by Gasteiger charge is 2.05. The van der Waals surface area contributed by atoms with Crippen LogP contribution in [0.15, 0.2) is 52.1 Å². The minimum Gasteiger partial charge on any atom is -0.294 e. The Bertz CT molecular complexity index is 671. The highest BCUT2D eigenvalue weighted by Crippen LogP contribution is 2.05. The van der Waals surface area contributed by atoms with Crippen LogP contribution in [0.5, 0.6) is 0 Å². The number of carbonyl (C=O) groups is 1. The lowest BCUT2D eigenvalue weighted by Crippen LogP contribution is -2.28. The number of aromatic nitrogens is 2. The molecular weight excluding hydrogens is 244 g/mol. The Hall–Kier alpha value is -2.43. The number of H-pyrrole nitrogens is 1. The molecule has 1 aromatic heterocycles. The number of ketones is 1. The molecule has 0 fully saturated rings. The van der Waals surface area contributed by atoms with Crippen molar-refractivity contribution in [2.45, 2.75) is 19.4 Å². The third-order valence-electron chi connectivity index (χ3n) is 2.77. The van der Waals surface area contributed by atoms with E-state index in [-0.39, 0.29) is 16.9 Å². The first kappa shape index (κ1) is 13.0. The molecule has 0 saturated heterocycles. The summed E-state index contributed by atoms with van der Waals surface area (Å²) < 4.78 is 1.22. The van der Waals surface area contributed by atoms with Crippen molar-refractivity contribution in [3.05, 3.63) is 68.7 Å². The second-order valence-corrected chi connectivity index (χ2v) is 4.19. The van der Waals surface area contributed by atoms with Crippen molar-refractivity contribution < 1.29 is 4.79 Å². The third-order valence-corrected chi connectivity index (χ3v) is 2.77. The van der Waals surface area contributed by atoms with Crippen molar-refractivity contribution in [2.75, 3.05) is 0 Å². The van der Waals surface area contributed by atoms with Gasteiger partial charge in [-0.25, -0.2) is 0 Å². The number of rotatable bonds is 5. The quantitative estimate of drug-likeness (QED) is 0.819. The Balaban J connectivity index is 1.94. The third kappa shape index (κ3) is 3.51. The fourth-order valence-electron chi connectivity index (χ4n) is 1.79.